The van der Waals surface area contributed by atoms with Crippen LogP contribution in [-0.2, 0) is 38.4 Å². The number of rotatable bonds is 16. The van der Waals surface area contributed by atoms with Crippen molar-refractivity contribution in [1.82, 2.24) is 0 Å². The van der Waals surface area contributed by atoms with Crippen LogP contribution in [0.15, 0.2) is 48.6 Å². The Morgan fingerprint density at radius 2 is 0.489 bits per heavy atom. The molecule has 0 radical (unpaired) electrons. The molecule has 256 valence electrons. The van der Waals surface area contributed by atoms with Gasteiger partial charge in [-0.1, -0.05) is 26.3 Å². The summed E-state index contributed by atoms with van der Waals surface area (Å²) in [5.41, 5.74) is -2.32. The molecule has 20 nitrogen and oxygen atoms in total. The van der Waals surface area contributed by atoms with Crippen LogP contribution in [0, 0.1) is 5.41 Å². The van der Waals surface area contributed by atoms with E-state index in [1.54, 1.807) is 0 Å². The number of aliphatic hydroxyl groups is 4. The van der Waals surface area contributed by atoms with Crippen molar-refractivity contribution in [3.05, 3.63) is 48.6 Å². The molecule has 0 aliphatic rings. The normalized spacial score (nSPS) is 9.16. The van der Waals surface area contributed by atoms with Crippen LogP contribution in [0.2, 0.25) is 0 Å². The third kappa shape index (κ3) is 34.7. The minimum Gasteiger partial charge on any atom is -0.481 e. The van der Waals surface area contributed by atoms with Gasteiger partial charge < -0.3 is 61.3 Å². The topological polar surface area (TPSA) is 379 Å². The van der Waals surface area contributed by atoms with Crippen molar-refractivity contribution in [2.75, 3.05) is 26.4 Å². The zero-order valence-electron chi connectivity index (χ0n) is 23.6. The molecule has 0 heterocycles. The van der Waals surface area contributed by atoms with Gasteiger partial charge in [-0.3, -0.25) is 19.2 Å². The van der Waals surface area contributed by atoms with E-state index in [0.717, 1.165) is 0 Å². The summed E-state index contributed by atoms with van der Waals surface area (Å²) < 4.78 is 0. The number of hydrogen-bond donors (Lipinski definition) is 12. The molecule has 0 amide bonds. The van der Waals surface area contributed by atoms with Gasteiger partial charge in [0, 0.05) is 22.3 Å². The monoisotopic (exact) mass is 656 g/mol. The van der Waals surface area contributed by atoms with Gasteiger partial charge in [0.1, 0.15) is 0 Å². The first kappa shape index (κ1) is 49.2. The molecule has 0 atom stereocenters. The van der Waals surface area contributed by atoms with Gasteiger partial charge in [-0.15, -0.1) is 0 Å². The van der Waals surface area contributed by atoms with E-state index < -0.39 is 105 Å². The molecule has 12 N–H and O–H groups in total. The van der Waals surface area contributed by atoms with Gasteiger partial charge in [-0.25, -0.2) is 19.2 Å². The first-order valence-corrected chi connectivity index (χ1v) is 11.3. The Morgan fingerprint density at radius 1 is 0.356 bits per heavy atom. The summed E-state index contributed by atoms with van der Waals surface area (Å²) in [5, 5.41) is 98.3. The van der Waals surface area contributed by atoms with Crippen LogP contribution in [0.3, 0.4) is 0 Å². The molecule has 0 aromatic rings. The van der Waals surface area contributed by atoms with Gasteiger partial charge in [0.05, 0.1) is 57.5 Å². The molecule has 0 bridgehead atoms. The third-order valence-corrected chi connectivity index (χ3v) is 4.01. The molecule has 45 heavy (non-hydrogen) atoms. The molecule has 0 saturated heterocycles. The minimum absolute atomic E-state index is 0.303. The first-order valence-electron chi connectivity index (χ1n) is 11.3. The molecule has 0 aromatic carbocycles. The SMILES string of the molecule is C=C(CC(=O)O)C(=O)O.C=C(CC(=O)O)C(=O)O.C=C(CC(=O)O)C(=O)O.C=C(CC(=O)O)C(=O)O.OCC(CO)(CO)CO. The lowest BCUT2D eigenvalue weighted by molar-refractivity contribution is -0.139. The maximum Gasteiger partial charge on any atom is 0.331 e. The highest BCUT2D eigenvalue weighted by molar-refractivity contribution is 5.92. The van der Waals surface area contributed by atoms with Gasteiger partial charge in [0.2, 0.25) is 0 Å². The highest BCUT2D eigenvalue weighted by Gasteiger charge is 2.26. The van der Waals surface area contributed by atoms with Crippen LogP contribution in [0.5, 0.6) is 0 Å². The second-order valence-corrected chi connectivity index (χ2v) is 8.05. The van der Waals surface area contributed by atoms with Crippen LogP contribution >= 0.6 is 0 Å². The fourth-order valence-electron chi connectivity index (χ4n) is 1.33. The zero-order valence-corrected chi connectivity index (χ0v) is 23.6. The Balaban J connectivity index is -0.000000148. The van der Waals surface area contributed by atoms with Gasteiger partial charge >= 0.3 is 47.8 Å². The standard InChI is InChI=1S/C5H12O4.4C5H6O4/c6-1-5(2-7,3-8)4-9;4*1-3(5(8)9)2-4(6)7/h6-9H,1-4H2;4*1-2H2,(H,6,7)(H,8,9). The van der Waals surface area contributed by atoms with Crippen molar-refractivity contribution < 1.29 is 99.6 Å². The van der Waals surface area contributed by atoms with Crippen LogP contribution in [0.25, 0.3) is 0 Å². The summed E-state index contributed by atoms with van der Waals surface area (Å²) >= 11 is 0. The Hall–Kier alpha value is -5.44. The fourth-order valence-corrected chi connectivity index (χ4v) is 1.33. The number of aliphatic carboxylic acids is 8. The smallest absolute Gasteiger partial charge is 0.331 e. The molecule has 0 aliphatic heterocycles. The second-order valence-electron chi connectivity index (χ2n) is 8.05. The van der Waals surface area contributed by atoms with Gasteiger partial charge in [0.15, 0.2) is 0 Å². The molecule has 0 rings (SSSR count). The number of carbonyl (C=O) groups is 8. The summed E-state index contributed by atoms with van der Waals surface area (Å²) in [6.45, 7) is 10.4. The maximum absolute atomic E-state index is 9.87. The second kappa shape index (κ2) is 27.4. The van der Waals surface area contributed by atoms with E-state index in [1.807, 2.05) is 0 Å². The number of hydrogen-bond acceptors (Lipinski definition) is 12. The maximum atomic E-state index is 9.87. The molecule has 0 aliphatic carbocycles. The van der Waals surface area contributed by atoms with Crippen molar-refractivity contribution in [2.45, 2.75) is 25.7 Å². The van der Waals surface area contributed by atoms with Crippen LogP contribution in [0.1, 0.15) is 25.7 Å². The van der Waals surface area contributed by atoms with E-state index in [4.69, 9.17) is 61.3 Å². The van der Waals surface area contributed by atoms with E-state index in [1.165, 1.54) is 0 Å². The molecule has 0 fully saturated rings. The van der Waals surface area contributed by atoms with Crippen molar-refractivity contribution >= 4 is 47.8 Å². The number of aliphatic hydroxyl groups excluding tert-OH is 4. The van der Waals surface area contributed by atoms with Crippen LogP contribution in [0.4, 0.5) is 0 Å². The molecule has 20 heteroatoms. The van der Waals surface area contributed by atoms with Crippen molar-refractivity contribution in [1.29, 1.82) is 0 Å². The largest absolute Gasteiger partial charge is 0.481 e. The summed E-state index contributed by atoms with van der Waals surface area (Å²) in [5.74, 6) is -9.78. The molecular weight excluding hydrogens is 620 g/mol. The lowest BCUT2D eigenvalue weighted by Crippen LogP contribution is -2.37. The Labute approximate surface area is 254 Å². The quantitative estimate of drug-likeness (QED) is 0.0827. The lowest BCUT2D eigenvalue weighted by Gasteiger charge is -2.23. The molecule has 0 spiro atoms. The predicted octanol–water partition coefficient (Wildman–Crippen LogP) is -1.65. The number of carboxylic acid groups (broad SMARTS) is 8. The van der Waals surface area contributed by atoms with Crippen molar-refractivity contribution in [2.24, 2.45) is 5.41 Å². The first-order chi connectivity index (χ1) is 20.4. The molecule has 0 unspecified atom stereocenters. The van der Waals surface area contributed by atoms with Crippen molar-refractivity contribution in [3.8, 4) is 0 Å². The van der Waals surface area contributed by atoms with E-state index in [2.05, 4.69) is 26.3 Å². The van der Waals surface area contributed by atoms with Crippen LogP contribution in [-0.4, -0.2) is 135 Å². The molecular formula is C25H36O20. The molecule has 0 saturated carbocycles. The average molecular weight is 657 g/mol. The van der Waals surface area contributed by atoms with E-state index in [0.29, 0.717) is 0 Å². The van der Waals surface area contributed by atoms with E-state index in [-0.39, 0.29) is 22.3 Å². The van der Waals surface area contributed by atoms with Gasteiger partial charge in [-0.2, -0.15) is 0 Å². The van der Waals surface area contributed by atoms with Gasteiger partial charge in [-0.05, 0) is 0 Å². The zero-order chi connectivity index (χ0) is 37.1. The summed E-state index contributed by atoms with van der Waals surface area (Å²) in [6, 6.07) is 0. The Kier molecular flexibility index (Phi) is 30.0. The summed E-state index contributed by atoms with van der Waals surface area (Å²) in [4.78, 5) is 78.6. The van der Waals surface area contributed by atoms with Crippen molar-refractivity contribution in [3.63, 3.8) is 0 Å². The predicted molar refractivity (Wildman–Crippen MR) is 147 cm³/mol. The van der Waals surface area contributed by atoms with Crippen LogP contribution < -0.4 is 0 Å². The fraction of sp³-hybridized carbons (Fsp3) is 0.360. The summed E-state index contributed by atoms with van der Waals surface area (Å²) in [7, 11) is 0. The number of carboxylic acids is 8. The minimum atomic E-state index is -1.27. The van der Waals surface area contributed by atoms with E-state index in [9.17, 15) is 38.4 Å². The third-order valence-electron chi connectivity index (χ3n) is 4.01. The Bertz CT molecular complexity index is 926. The van der Waals surface area contributed by atoms with Gasteiger partial charge in [0.25, 0.3) is 0 Å². The Morgan fingerprint density at radius 3 is 0.511 bits per heavy atom. The summed E-state index contributed by atoms with van der Waals surface area (Å²) in [6.07, 6.45) is -2.02. The van der Waals surface area contributed by atoms with E-state index >= 15 is 0 Å². The average Bonchev–Trinajstić information content (AvgIpc) is 2.90. The highest BCUT2D eigenvalue weighted by Crippen LogP contribution is 2.11. The molecule has 0 aromatic heterocycles. The lowest BCUT2D eigenvalue weighted by atomic mass is 9.93. The highest BCUT2D eigenvalue weighted by atomic mass is 16.4.